The number of fused-ring (bicyclic) bond motifs is 2. The highest BCUT2D eigenvalue weighted by atomic mass is 35.5. The quantitative estimate of drug-likeness (QED) is 0.343. The van der Waals surface area contributed by atoms with Gasteiger partial charge in [0.25, 0.3) is 5.56 Å². The summed E-state index contributed by atoms with van der Waals surface area (Å²) in [6.07, 6.45) is 2.88. The smallest absolute Gasteiger partial charge is 0.267 e. The van der Waals surface area contributed by atoms with Gasteiger partial charge in [0.15, 0.2) is 11.5 Å². The predicted molar refractivity (Wildman–Crippen MR) is 126 cm³/mol. The third kappa shape index (κ3) is 3.68. The van der Waals surface area contributed by atoms with Gasteiger partial charge in [-0.05, 0) is 37.3 Å². The number of anilines is 1. The summed E-state index contributed by atoms with van der Waals surface area (Å²) in [5.41, 5.74) is 1.16. The topological polar surface area (TPSA) is 101 Å². The highest BCUT2D eigenvalue weighted by molar-refractivity contribution is 6.42. The fourth-order valence-electron chi connectivity index (χ4n) is 3.53. The van der Waals surface area contributed by atoms with Crippen LogP contribution in [0.3, 0.4) is 0 Å². The van der Waals surface area contributed by atoms with Crippen molar-refractivity contribution in [2.24, 2.45) is 0 Å². The van der Waals surface area contributed by atoms with Crippen molar-refractivity contribution < 1.29 is 4.39 Å². The minimum atomic E-state index is -0.717. The predicted octanol–water partition coefficient (Wildman–Crippen LogP) is 5.32. The van der Waals surface area contributed by atoms with Gasteiger partial charge >= 0.3 is 0 Å². The van der Waals surface area contributed by atoms with Gasteiger partial charge in [-0.2, -0.15) is 0 Å². The molecule has 0 aliphatic heterocycles. The fourth-order valence-corrected chi connectivity index (χ4v) is 4.07. The molecule has 0 aliphatic rings. The number of halogens is 4. The highest BCUT2D eigenvalue weighted by Gasteiger charge is 2.22. The molecule has 166 valence electrons. The Kier molecular flexibility index (Phi) is 5.40. The largest absolute Gasteiger partial charge is 0.358 e. The van der Waals surface area contributed by atoms with Crippen LogP contribution in [0.5, 0.6) is 0 Å². The van der Waals surface area contributed by atoms with Crippen LogP contribution in [0.25, 0.3) is 27.8 Å². The zero-order valence-electron chi connectivity index (χ0n) is 16.8. The Hall–Kier alpha value is -3.27. The van der Waals surface area contributed by atoms with Crippen molar-refractivity contribution in [1.82, 2.24) is 29.5 Å². The second kappa shape index (κ2) is 8.26. The van der Waals surface area contributed by atoms with Gasteiger partial charge in [-0.25, -0.2) is 24.3 Å². The van der Waals surface area contributed by atoms with Gasteiger partial charge in [-0.15, -0.1) is 0 Å². The van der Waals surface area contributed by atoms with Crippen LogP contribution in [0.4, 0.5) is 10.2 Å². The highest BCUT2D eigenvalue weighted by Crippen LogP contribution is 2.29. The maximum Gasteiger partial charge on any atom is 0.267 e. The van der Waals surface area contributed by atoms with Crippen molar-refractivity contribution in [2.45, 2.75) is 13.0 Å². The second-order valence-corrected chi connectivity index (χ2v) is 8.35. The van der Waals surface area contributed by atoms with Gasteiger partial charge in [0.1, 0.15) is 23.5 Å². The van der Waals surface area contributed by atoms with Crippen LogP contribution < -0.4 is 10.9 Å². The number of hydrogen-bond donors (Lipinski definition) is 2. The molecule has 0 aliphatic carbocycles. The lowest BCUT2D eigenvalue weighted by Gasteiger charge is -2.20. The summed E-state index contributed by atoms with van der Waals surface area (Å²) in [4.78, 5) is 33.7. The van der Waals surface area contributed by atoms with E-state index < -0.39 is 17.4 Å². The van der Waals surface area contributed by atoms with E-state index in [2.05, 4.69) is 30.2 Å². The molecule has 8 nitrogen and oxygen atoms in total. The molecule has 2 aromatic carbocycles. The molecule has 3 heterocycles. The monoisotopic (exact) mass is 503 g/mol. The lowest BCUT2D eigenvalue weighted by molar-refractivity contribution is 0.629. The molecule has 0 unspecified atom stereocenters. The summed E-state index contributed by atoms with van der Waals surface area (Å²) in [5.74, 6) is 0.0716. The first-order valence-corrected chi connectivity index (χ1v) is 10.7. The van der Waals surface area contributed by atoms with Crippen molar-refractivity contribution >= 4 is 62.7 Å². The molecule has 0 fully saturated rings. The first kappa shape index (κ1) is 21.6. The summed E-state index contributed by atoms with van der Waals surface area (Å²) in [6, 6.07) is 6.74. The van der Waals surface area contributed by atoms with E-state index in [4.69, 9.17) is 34.8 Å². The number of H-pyrrole nitrogens is 1. The standard InChI is InChI=1S/C21H13Cl3FN7O/c1-9(30-19-17-18(27-7-26-17)28-8-29-19)20-31-14-5-4-13(25)16(24)15(14)21(33)32(20)10-2-3-11(22)12(23)6-10/h2-9H,1H3,(H2,26,27,28,29,30)/t9-/m1/s1. The zero-order valence-corrected chi connectivity index (χ0v) is 19.0. The van der Waals surface area contributed by atoms with E-state index in [0.29, 0.717) is 33.5 Å². The number of benzene rings is 2. The molecule has 0 amide bonds. The maximum atomic E-state index is 14.2. The summed E-state index contributed by atoms with van der Waals surface area (Å²) >= 11 is 18.4. The molecule has 0 saturated heterocycles. The molecule has 5 aromatic rings. The van der Waals surface area contributed by atoms with Gasteiger partial charge in [0.05, 0.1) is 44.0 Å². The van der Waals surface area contributed by atoms with Gasteiger partial charge in [-0.1, -0.05) is 34.8 Å². The maximum absolute atomic E-state index is 14.2. The van der Waals surface area contributed by atoms with E-state index >= 15 is 0 Å². The van der Waals surface area contributed by atoms with Crippen LogP contribution in [-0.2, 0) is 0 Å². The molecule has 1 atom stereocenters. The Balaban J connectivity index is 1.74. The molecule has 0 bridgehead atoms. The zero-order chi connectivity index (χ0) is 23.3. The number of aromatic nitrogens is 6. The van der Waals surface area contributed by atoms with Crippen LogP contribution in [0, 0.1) is 5.82 Å². The summed E-state index contributed by atoms with van der Waals surface area (Å²) in [5, 5.41) is 3.45. The molecule has 0 spiro atoms. The van der Waals surface area contributed by atoms with Gasteiger partial charge < -0.3 is 10.3 Å². The third-order valence-electron chi connectivity index (χ3n) is 5.08. The number of imidazole rings is 1. The average molecular weight is 505 g/mol. The Morgan fingerprint density at radius 1 is 1.09 bits per heavy atom. The van der Waals surface area contributed by atoms with Crippen LogP contribution in [0.15, 0.2) is 47.8 Å². The minimum Gasteiger partial charge on any atom is -0.358 e. The molecule has 0 saturated carbocycles. The summed E-state index contributed by atoms with van der Waals surface area (Å²) in [6.45, 7) is 1.80. The van der Waals surface area contributed by atoms with Crippen molar-refractivity contribution in [3.8, 4) is 5.69 Å². The van der Waals surface area contributed by atoms with Gasteiger partial charge in [0.2, 0.25) is 0 Å². The van der Waals surface area contributed by atoms with Gasteiger partial charge in [0, 0.05) is 0 Å². The number of aromatic amines is 1. The van der Waals surface area contributed by atoms with E-state index in [-0.39, 0.29) is 20.9 Å². The Bertz CT molecular complexity index is 1600. The van der Waals surface area contributed by atoms with Crippen molar-refractivity contribution in [1.29, 1.82) is 0 Å². The van der Waals surface area contributed by atoms with Gasteiger partial charge in [-0.3, -0.25) is 9.36 Å². The third-order valence-corrected chi connectivity index (χ3v) is 6.19. The molecule has 0 radical (unpaired) electrons. The first-order chi connectivity index (χ1) is 15.8. The first-order valence-electron chi connectivity index (χ1n) is 9.62. The Morgan fingerprint density at radius 2 is 1.91 bits per heavy atom. The molecule has 33 heavy (non-hydrogen) atoms. The molecule has 5 rings (SSSR count). The van der Waals surface area contributed by atoms with Crippen LogP contribution in [-0.4, -0.2) is 29.5 Å². The van der Waals surface area contributed by atoms with Crippen LogP contribution in [0.2, 0.25) is 15.1 Å². The van der Waals surface area contributed by atoms with E-state index in [0.717, 1.165) is 0 Å². The molecular weight excluding hydrogens is 492 g/mol. The number of nitrogens with one attached hydrogen (secondary N) is 2. The lowest BCUT2D eigenvalue weighted by Crippen LogP contribution is -2.27. The van der Waals surface area contributed by atoms with Crippen LogP contribution in [0.1, 0.15) is 18.8 Å². The van der Waals surface area contributed by atoms with Crippen LogP contribution >= 0.6 is 34.8 Å². The fraction of sp³-hybridized carbons (Fsp3) is 0.0952. The summed E-state index contributed by atoms with van der Waals surface area (Å²) < 4.78 is 15.5. The lowest BCUT2D eigenvalue weighted by atomic mass is 10.2. The van der Waals surface area contributed by atoms with E-state index in [1.807, 2.05) is 0 Å². The number of rotatable bonds is 4. The SMILES string of the molecule is C[C@@H](Nc1ncnc2nc[nH]c12)c1nc2ccc(F)c(Cl)c2c(=O)n1-c1ccc(Cl)c(Cl)c1. The van der Waals surface area contributed by atoms with Crippen molar-refractivity contribution in [2.75, 3.05) is 5.32 Å². The minimum absolute atomic E-state index is 0.0447. The Morgan fingerprint density at radius 3 is 2.70 bits per heavy atom. The molecule has 2 N–H and O–H groups in total. The average Bonchev–Trinajstić information content (AvgIpc) is 3.28. The summed E-state index contributed by atoms with van der Waals surface area (Å²) in [7, 11) is 0. The van der Waals surface area contributed by atoms with E-state index in [1.54, 1.807) is 19.1 Å². The van der Waals surface area contributed by atoms with E-state index in [1.165, 1.54) is 35.4 Å². The van der Waals surface area contributed by atoms with Crippen molar-refractivity contribution in [3.63, 3.8) is 0 Å². The molecular formula is C21H13Cl3FN7O. The normalized spacial score (nSPS) is 12.4. The molecule has 3 aromatic heterocycles. The van der Waals surface area contributed by atoms with Crippen molar-refractivity contribution in [3.05, 3.63) is 80.0 Å². The van der Waals surface area contributed by atoms with E-state index in [9.17, 15) is 9.18 Å². The number of nitrogens with zero attached hydrogens (tertiary/aromatic N) is 5. The second-order valence-electron chi connectivity index (χ2n) is 7.15. The molecule has 12 heteroatoms. The Labute approximate surface area is 200 Å². The number of hydrogen-bond acceptors (Lipinski definition) is 6.